The third kappa shape index (κ3) is 2.16. The van der Waals surface area contributed by atoms with Gasteiger partial charge in [0.15, 0.2) is 0 Å². The number of carboxylic acids is 2. The Balaban J connectivity index is 2.34. The average Bonchev–Trinajstić information content (AvgIpc) is 2.89. The van der Waals surface area contributed by atoms with E-state index in [-0.39, 0.29) is 16.7 Å². The Hall–Kier alpha value is -2.66. The van der Waals surface area contributed by atoms with Crippen LogP contribution in [0.5, 0.6) is 0 Å². The highest BCUT2D eigenvalue weighted by atomic mass is 32.1. The van der Waals surface area contributed by atoms with Crippen molar-refractivity contribution in [3.8, 4) is 11.1 Å². The van der Waals surface area contributed by atoms with E-state index in [1.807, 2.05) is 29.6 Å². The second-order valence-corrected chi connectivity index (χ2v) is 5.83. The van der Waals surface area contributed by atoms with Gasteiger partial charge in [0, 0.05) is 15.6 Å². The van der Waals surface area contributed by atoms with Gasteiger partial charge in [-0.25, -0.2) is 9.59 Å². The van der Waals surface area contributed by atoms with Gasteiger partial charge in [-0.2, -0.15) is 0 Å². The van der Waals surface area contributed by atoms with Crippen LogP contribution in [0.25, 0.3) is 21.2 Å². The third-order valence-corrected chi connectivity index (χ3v) is 4.64. The largest absolute Gasteiger partial charge is 0.478 e. The molecule has 2 N–H and O–H groups in total. The summed E-state index contributed by atoms with van der Waals surface area (Å²) in [6.07, 6.45) is 0. The van der Waals surface area contributed by atoms with Crippen LogP contribution in [0.2, 0.25) is 0 Å². The van der Waals surface area contributed by atoms with E-state index in [1.54, 1.807) is 6.07 Å². The normalized spacial score (nSPS) is 10.8. The molecule has 0 fully saturated rings. The molecular formula is C17H12O4S. The molecule has 4 nitrogen and oxygen atoms in total. The lowest BCUT2D eigenvalue weighted by Gasteiger charge is -2.11. The summed E-state index contributed by atoms with van der Waals surface area (Å²) in [5.41, 5.74) is 1.70. The molecule has 0 bridgehead atoms. The van der Waals surface area contributed by atoms with Gasteiger partial charge in [0.2, 0.25) is 0 Å². The Morgan fingerprint density at radius 2 is 1.68 bits per heavy atom. The van der Waals surface area contributed by atoms with Crippen molar-refractivity contribution in [2.24, 2.45) is 0 Å². The Labute approximate surface area is 130 Å². The topological polar surface area (TPSA) is 74.6 Å². The van der Waals surface area contributed by atoms with Crippen molar-refractivity contribution in [1.82, 2.24) is 0 Å². The molecule has 5 heteroatoms. The van der Waals surface area contributed by atoms with Crippen LogP contribution >= 0.6 is 11.3 Å². The predicted octanol–water partition coefficient (Wildman–Crippen LogP) is 4.27. The molecule has 0 spiro atoms. The van der Waals surface area contributed by atoms with Crippen molar-refractivity contribution < 1.29 is 19.8 Å². The number of hydrogen-bond donors (Lipinski definition) is 2. The van der Waals surface area contributed by atoms with Gasteiger partial charge in [-0.15, -0.1) is 11.3 Å². The van der Waals surface area contributed by atoms with E-state index in [9.17, 15) is 19.8 Å². The fraction of sp³-hybridized carbons (Fsp3) is 0.0588. The van der Waals surface area contributed by atoms with Crippen LogP contribution in [-0.4, -0.2) is 22.2 Å². The van der Waals surface area contributed by atoms with Crippen LogP contribution in [0.1, 0.15) is 26.3 Å². The van der Waals surface area contributed by atoms with E-state index in [0.717, 1.165) is 15.6 Å². The molecule has 110 valence electrons. The number of fused-ring (bicyclic) bond motifs is 1. The molecule has 1 heterocycles. The molecule has 0 saturated carbocycles. The van der Waals surface area contributed by atoms with Gasteiger partial charge in [-0.05, 0) is 35.6 Å². The minimum absolute atomic E-state index is 0.0145. The number of hydrogen-bond acceptors (Lipinski definition) is 3. The highest BCUT2D eigenvalue weighted by molar-refractivity contribution is 7.17. The maximum absolute atomic E-state index is 11.7. The van der Waals surface area contributed by atoms with E-state index in [4.69, 9.17) is 0 Å². The van der Waals surface area contributed by atoms with E-state index < -0.39 is 11.9 Å². The molecule has 0 amide bonds. The Kier molecular flexibility index (Phi) is 3.42. The van der Waals surface area contributed by atoms with Crippen molar-refractivity contribution in [3.63, 3.8) is 0 Å². The SMILES string of the molecule is Cc1c(C(=O)O)ccc(-c2csc3ccccc23)c1C(=O)O. The quantitative estimate of drug-likeness (QED) is 0.757. The lowest BCUT2D eigenvalue weighted by atomic mass is 9.92. The van der Waals surface area contributed by atoms with Gasteiger partial charge < -0.3 is 10.2 Å². The fourth-order valence-corrected chi connectivity index (χ4v) is 3.59. The number of aromatic carboxylic acids is 2. The van der Waals surface area contributed by atoms with Crippen molar-refractivity contribution in [1.29, 1.82) is 0 Å². The third-order valence-electron chi connectivity index (χ3n) is 3.68. The molecule has 0 saturated heterocycles. The van der Waals surface area contributed by atoms with Crippen molar-refractivity contribution in [3.05, 3.63) is 58.5 Å². The minimum atomic E-state index is -1.12. The van der Waals surface area contributed by atoms with Crippen LogP contribution < -0.4 is 0 Å². The zero-order valence-electron chi connectivity index (χ0n) is 11.7. The number of thiophene rings is 1. The van der Waals surface area contributed by atoms with Crippen LogP contribution in [0.3, 0.4) is 0 Å². The summed E-state index contributed by atoms with van der Waals surface area (Å²) in [6.45, 7) is 1.53. The number of rotatable bonds is 3. The summed E-state index contributed by atoms with van der Waals surface area (Å²) < 4.78 is 1.06. The smallest absolute Gasteiger partial charge is 0.336 e. The molecule has 0 aliphatic carbocycles. The second-order valence-electron chi connectivity index (χ2n) is 4.92. The van der Waals surface area contributed by atoms with Crippen molar-refractivity contribution >= 4 is 33.4 Å². The Morgan fingerprint density at radius 1 is 0.955 bits per heavy atom. The van der Waals surface area contributed by atoms with Crippen LogP contribution in [0.15, 0.2) is 41.8 Å². The van der Waals surface area contributed by atoms with E-state index in [0.29, 0.717) is 5.56 Å². The lowest BCUT2D eigenvalue weighted by molar-refractivity contribution is 0.0696. The minimum Gasteiger partial charge on any atom is -0.478 e. The van der Waals surface area contributed by atoms with Gasteiger partial charge in [0.05, 0.1) is 11.1 Å². The molecule has 0 aliphatic heterocycles. The first-order chi connectivity index (χ1) is 10.5. The Bertz CT molecular complexity index is 908. The highest BCUT2D eigenvalue weighted by Gasteiger charge is 2.21. The average molecular weight is 312 g/mol. The maximum atomic E-state index is 11.7. The van der Waals surface area contributed by atoms with Crippen molar-refractivity contribution in [2.45, 2.75) is 6.92 Å². The number of carboxylic acid groups (broad SMARTS) is 2. The molecule has 0 unspecified atom stereocenters. The van der Waals surface area contributed by atoms with E-state index >= 15 is 0 Å². The summed E-state index contributed by atoms with van der Waals surface area (Å²) in [4.78, 5) is 22.9. The first-order valence-corrected chi connectivity index (χ1v) is 7.45. The van der Waals surface area contributed by atoms with Crippen LogP contribution in [-0.2, 0) is 0 Å². The van der Waals surface area contributed by atoms with E-state index in [1.165, 1.54) is 24.3 Å². The molecule has 0 atom stereocenters. The number of benzene rings is 2. The standard InChI is InChI=1S/C17H12O4S/c1-9-10(16(18)19)6-7-12(15(9)17(20)21)13-8-22-14-5-3-2-4-11(13)14/h2-8H,1H3,(H,18,19)(H,20,21). The molecular weight excluding hydrogens is 300 g/mol. The predicted molar refractivity (Wildman–Crippen MR) is 85.9 cm³/mol. The monoisotopic (exact) mass is 312 g/mol. The van der Waals surface area contributed by atoms with Gasteiger partial charge >= 0.3 is 11.9 Å². The van der Waals surface area contributed by atoms with Crippen molar-refractivity contribution in [2.75, 3.05) is 0 Å². The van der Waals surface area contributed by atoms with Gasteiger partial charge in [-0.3, -0.25) is 0 Å². The summed E-state index contributed by atoms with van der Waals surface area (Å²) in [5, 5.41) is 21.6. The van der Waals surface area contributed by atoms with E-state index in [2.05, 4.69) is 0 Å². The second kappa shape index (κ2) is 5.27. The summed E-state index contributed by atoms with van der Waals surface area (Å²) in [7, 11) is 0. The highest BCUT2D eigenvalue weighted by Crippen LogP contribution is 2.37. The molecule has 0 aliphatic rings. The van der Waals surface area contributed by atoms with Gasteiger partial charge in [0.1, 0.15) is 0 Å². The summed E-state index contributed by atoms with van der Waals surface area (Å²) in [5.74, 6) is -2.24. The first-order valence-electron chi connectivity index (χ1n) is 6.57. The molecule has 22 heavy (non-hydrogen) atoms. The number of carbonyl (C=O) groups is 2. The summed E-state index contributed by atoms with van der Waals surface area (Å²) in [6, 6.07) is 10.8. The molecule has 1 aromatic heterocycles. The zero-order valence-corrected chi connectivity index (χ0v) is 12.5. The lowest BCUT2D eigenvalue weighted by Crippen LogP contribution is -2.08. The van der Waals surface area contributed by atoms with Crippen LogP contribution in [0, 0.1) is 6.92 Å². The maximum Gasteiger partial charge on any atom is 0.336 e. The first kappa shape index (κ1) is 14.3. The van der Waals surface area contributed by atoms with Gasteiger partial charge in [0.25, 0.3) is 0 Å². The molecule has 3 aromatic rings. The Morgan fingerprint density at radius 3 is 2.36 bits per heavy atom. The van der Waals surface area contributed by atoms with Gasteiger partial charge in [-0.1, -0.05) is 24.3 Å². The fourth-order valence-electron chi connectivity index (χ4n) is 2.63. The summed E-state index contributed by atoms with van der Waals surface area (Å²) >= 11 is 1.54. The molecule has 3 rings (SSSR count). The molecule has 0 radical (unpaired) electrons. The molecule has 2 aromatic carbocycles. The zero-order chi connectivity index (χ0) is 15.9. The van der Waals surface area contributed by atoms with Crippen LogP contribution in [0.4, 0.5) is 0 Å².